The molecule has 0 bridgehead atoms. The lowest BCUT2D eigenvalue weighted by Crippen LogP contribution is -2.29. The summed E-state index contributed by atoms with van der Waals surface area (Å²) >= 11 is 0. The second kappa shape index (κ2) is 4.02. The molecular weight excluding hydrogens is 208 g/mol. The lowest BCUT2D eigenvalue weighted by atomic mass is 9.86. The lowest BCUT2D eigenvalue weighted by Gasteiger charge is -2.25. The summed E-state index contributed by atoms with van der Waals surface area (Å²) in [6.45, 7) is 7.23. The summed E-state index contributed by atoms with van der Waals surface area (Å²) in [4.78, 5) is 5.06. The summed E-state index contributed by atoms with van der Waals surface area (Å²) in [6.07, 6.45) is 2.75. The van der Waals surface area contributed by atoms with E-state index in [1.165, 1.54) is 50.3 Å². The van der Waals surface area contributed by atoms with Gasteiger partial charge in [0.05, 0.1) is 0 Å². The molecule has 2 aliphatic rings. The quantitative estimate of drug-likeness (QED) is 0.731. The maximum absolute atomic E-state index is 2.58. The Hall–Kier alpha value is -1.02. The first-order chi connectivity index (χ1) is 8.17. The van der Waals surface area contributed by atoms with Gasteiger partial charge >= 0.3 is 0 Å². The van der Waals surface area contributed by atoms with Crippen LogP contribution in [0.4, 0.5) is 5.69 Å². The Morgan fingerprint density at radius 1 is 1.12 bits per heavy atom. The first-order valence-corrected chi connectivity index (χ1v) is 6.67. The van der Waals surface area contributed by atoms with Crippen molar-refractivity contribution in [1.29, 1.82) is 0 Å². The highest BCUT2D eigenvalue weighted by Gasteiger charge is 2.42. The highest BCUT2D eigenvalue weighted by atomic mass is 15.2. The van der Waals surface area contributed by atoms with Crippen LogP contribution in [-0.2, 0) is 0 Å². The summed E-state index contributed by atoms with van der Waals surface area (Å²) in [7, 11) is 2.25. The largest absolute Gasteiger partial charge is 0.371 e. The molecule has 1 spiro atoms. The van der Waals surface area contributed by atoms with Crippen LogP contribution in [0.5, 0.6) is 0 Å². The van der Waals surface area contributed by atoms with Crippen molar-refractivity contribution in [3.63, 3.8) is 0 Å². The van der Waals surface area contributed by atoms with Gasteiger partial charge in [-0.15, -0.1) is 0 Å². The summed E-state index contributed by atoms with van der Waals surface area (Å²) in [6, 6.07) is 8.93. The van der Waals surface area contributed by atoms with E-state index in [4.69, 9.17) is 0 Å². The van der Waals surface area contributed by atoms with Gasteiger partial charge < -0.3 is 9.80 Å². The highest BCUT2D eigenvalue weighted by molar-refractivity contribution is 5.49. The maximum atomic E-state index is 2.58. The van der Waals surface area contributed by atoms with Gasteiger partial charge in [0.15, 0.2) is 0 Å². The Morgan fingerprint density at radius 2 is 1.94 bits per heavy atom. The number of anilines is 1. The summed E-state index contributed by atoms with van der Waals surface area (Å²) in [5.41, 5.74) is 3.36. The highest BCUT2D eigenvalue weighted by Crippen LogP contribution is 2.40. The monoisotopic (exact) mass is 230 g/mol. The van der Waals surface area contributed by atoms with E-state index in [1.54, 1.807) is 0 Å². The molecule has 2 saturated heterocycles. The third-order valence-corrected chi connectivity index (χ3v) is 4.43. The fourth-order valence-electron chi connectivity index (χ4n) is 3.47. The molecule has 1 aromatic carbocycles. The molecular formula is C15H22N2. The molecule has 0 saturated carbocycles. The molecule has 17 heavy (non-hydrogen) atoms. The van der Waals surface area contributed by atoms with Crippen LogP contribution in [0.2, 0.25) is 0 Å². The molecule has 0 aliphatic carbocycles. The van der Waals surface area contributed by atoms with E-state index < -0.39 is 0 Å². The number of nitrogens with zero attached hydrogens (tertiary/aromatic N) is 2. The average molecular weight is 230 g/mol. The van der Waals surface area contributed by atoms with Crippen molar-refractivity contribution in [2.75, 3.05) is 38.1 Å². The number of hydrogen-bond donors (Lipinski definition) is 0. The van der Waals surface area contributed by atoms with Crippen molar-refractivity contribution in [2.45, 2.75) is 19.8 Å². The van der Waals surface area contributed by atoms with Gasteiger partial charge in [-0.25, -0.2) is 0 Å². The number of benzene rings is 1. The zero-order valence-corrected chi connectivity index (χ0v) is 10.9. The summed E-state index contributed by atoms with van der Waals surface area (Å²) < 4.78 is 0. The summed E-state index contributed by atoms with van der Waals surface area (Å²) in [5, 5.41) is 0. The third kappa shape index (κ3) is 2.06. The molecule has 1 atom stereocenters. The van der Waals surface area contributed by atoms with Crippen molar-refractivity contribution in [1.82, 2.24) is 4.90 Å². The Bertz CT molecular complexity index is 415. The van der Waals surface area contributed by atoms with Gasteiger partial charge in [-0.2, -0.15) is 0 Å². The van der Waals surface area contributed by atoms with Gasteiger partial charge in [-0.3, -0.25) is 0 Å². The van der Waals surface area contributed by atoms with Crippen molar-refractivity contribution in [3.05, 3.63) is 29.8 Å². The smallest absolute Gasteiger partial charge is 0.0369 e. The van der Waals surface area contributed by atoms with E-state index >= 15 is 0 Å². The zero-order chi connectivity index (χ0) is 11.9. The van der Waals surface area contributed by atoms with Gasteiger partial charge in [0.1, 0.15) is 0 Å². The van der Waals surface area contributed by atoms with Crippen LogP contribution in [0.1, 0.15) is 18.4 Å². The van der Waals surface area contributed by atoms with E-state index in [-0.39, 0.29) is 0 Å². The predicted octanol–water partition coefficient (Wildman–Crippen LogP) is 2.53. The molecule has 1 unspecified atom stereocenters. The molecule has 0 N–H and O–H groups in total. The maximum Gasteiger partial charge on any atom is 0.0369 e. The molecule has 2 aliphatic heterocycles. The minimum absolute atomic E-state index is 0.582. The van der Waals surface area contributed by atoms with Gasteiger partial charge in [0, 0.05) is 30.7 Å². The van der Waals surface area contributed by atoms with Crippen molar-refractivity contribution in [2.24, 2.45) is 5.41 Å². The fraction of sp³-hybridized carbons (Fsp3) is 0.600. The minimum atomic E-state index is 0.582. The molecule has 2 heterocycles. The van der Waals surface area contributed by atoms with E-state index in [1.807, 2.05) is 0 Å². The van der Waals surface area contributed by atoms with Crippen LogP contribution in [0.3, 0.4) is 0 Å². The van der Waals surface area contributed by atoms with Crippen molar-refractivity contribution in [3.8, 4) is 0 Å². The number of likely N-dealkylation sites (tertiary alicyclic amines) is 1. The van der Waals surface area contributed by atoms with Gasteiger partial charge in [-0.05, 0) is 51.1 Å². The fourth-order valence-corrected chi connectivity index (χ4v) is 3.47. The second-order valence-electron chi connectivity index (χ2n) is 6.00. The molecule has 2 fully saturated rings. The average Bonchev–Trinajstić information content (AvgIpc) is 2.87. The Kier molecular flexibility index (Phi) is 2.62. The van der Waals surface area contributed by atoms with E-state index in [0.717, 1.165) is 0 Å². The van der Waals surface area contributed by atoms with E-state index in [2.05, 4.69) is 48.0 Å². The van der Waals surface area contributed by atoms with Crippen LogP contribution in [-0.4, -0.2) is 38.1 Å². The first-order valence-electron chi connectivity index (χ1n) is 6.67. The number of aryl methyl sites for hydroxylation is 1. The number of hydrogen-bond acceptors (Lipinski definition) is 2. The van der Waals surface area contributed by atoms with Crippen LogP contribution in [0, 0.1) is 12.3 Å². The predicted molar refractivity (Wildman–Crippen MR) is 72.6 cm³/mol. The van der Waals surface area contributed by atoms with Crippen LogP contribution < -0.4 is 4.90 Å². The normalized spacial score (nSPS) is 29.4. The molecule has 0 amide bonds. The van der Waals surface area contributed by atoms with Crippen LogP contribution in [0.15, 0.2) is 24.3 Å². The van der Waals surface area contributed by atoms with Gasteiger partial charge in [-0.1, -0.05) is 12.1 Å². The first kappa shape index (κ1) is 11.1. The second-order valence-corrected chi connectivity index (χ2v) is 6.00. The topological polar surface area (TPSA) is 6.48 Å². The minimum Gasteiger partial charge on any atom is -0.371 e. The van der Waals surface area contributed by atoms with Crippen LogP contribution in [0.25, 0.3) is 0 Å². The van der Waals surface area contributed by atoms with E-state index in [0.29, 0.717) is 5.41 Å². The molecule has 3 rings (SSSR count). The van der Waals surface area contributed by atoms with E-state index in [9.17, 15) is 0 Å². The Labute approximate surface area is 104 Å². The zero-order valence-electron chi connectivity index (χ0n) is 10.9. The molecule has 1 aromatic rings. The molecule has 0 radical (unpaired) electrons. The van der Waals surface area contributed by atoms with Gasteiger partial charge in [0.2, 0.25) is 0 Å². The molecule has 2 nitrogen and oxygen atoms in total. The summed E-state index contributed by atoms with van der Waals surface area (Å²) in [5.74, 6) is 0. The molecule has 2 heteroatoms. The Morgan fingerprint density at radius 3 is 2.65 bits per heavy atom. The third-order valence-electron chi connectivity index (χ3n) is 4.43. The standard InChI is InChI=1S/C15H22N2/c1-13-4-3-5-14(10-13)17-9-7-15(12-17)6-8-16(2)11-15/h3-5,10H,6-9,11-12H2,1-2H3. The van der Waals surface area contributed by atoms with Gasteiger partial charge in [0.25, 0.3) is 0 Å². The van der Waals surface area contributed by atoms with Crippen molar-refractivity contribution < 1.29 is 0 Å². The lowest BCUT2D eigenvalue weighted by molar-refractivity contribution is 0.312. The van der Waals surface area contributed by atoms with Crippen molar-refractivity contribution >= 4 is 5.69 Å². The molecule has 0 aromatic heterocycles. The number of rotatable bonds is 1. The molecule has 92 valence electrons. The Balaban J connectivity index is 1.76. The van der Waals surface area contributed by atoms with Crippen LogP contribution >= 0.6 is 0 Å². The SMILES string of the molecule is Cc1cccc(N2CCC3(CCN(C)C3)C2)c1.